The molecule has 4 aromatic carbocycles. The Morgan fingerprint density at radius 2 is 1.57 bits per heavy atom. The Kier molecular flexibility index (Phi) is 8.23. The van der Waals surface area contributed by atoms with Crippen LogP contribution in [0.1, 0.15) is 30.8 Å². The number of fused-ring (bicyclic) bond motifs is 3. The molecule has 3 heterocycles. The Hall–Kier alpha value is -4.50. The molecule has 7 rings (SSSR count). The predicted molar refractivity (Wildman–Crippen MR) is 173 cm³/mol. The van der Waals surface area contributed by atoms with E-state index in [0.717, 1.165) is 51.0 Å². The molecule has 0 aliphatic rings. The summed E-state index contributed by atoms with van der Waals surface area (Å²) in [5.74, 6) is 2.54. The van der Waals surface area contributed by atoms with Gasteiger partial charge in [-0.3, -0.25) is 4.68 Å². The third-order valence-corrected chi connectivity index (χ3v) is 7.71. The molecular formula is C38H32N4OPd. The van der Waals surface area contributed by atoms with Crippen LogP contribution in [0, 0.1) is 31.9 Å². The molecule has 0 atom stereocenters. The molecular weight excluding hydrogens is 635 g/mol. The molecule has 0 bridgehead atoms. The maximum Gasteiger partial charge on any atom is 2.00 e. The molecule has 0 N–H and O–H groups in total. The van der Waals surface area contributed by atoms with Gasteiger partial charge in [0.15, 0.2) is 0 Å². The van der Waals surface area contributed by atoms with Crippen LogP contribution >= 0.6 is 0 Å². The summed E-state index contributed by atoms with van der Waals surface area (Å²) >= 11 is 0. The second kappa shape index (κ2) is 12.2. The first-order chi connectivity index (χ1) is 21.0. The minimum Gasteiger partial charge on any atom is -0.509 e. The predicted octanol–water partition coefficient (Wildman–Crippen LogP) is 9.24. The molecule has 0 amide bonds. The Balaban J connectivity index is 0.00000343. The van der Waals surface area contributed by atoms with Crippen molar-refractivity contribution in [2.45, 2.75) is 34.1 Å². The Morgan fingerprint density at radius 1 is 0.795 bits per heavy atom. The Bertz CT molecular complexity index is 2090. The van der Waals surface area contributed by atoms with Crippen molar-refractivity contribution in [1.29, 1.82) is 0 Å². The number of pyridine rings is 1. The minimum absolute atomic E-state index is 0. The van der Waals surface area contributed by atoms with Crippen LogP contribution in [0.25, 0.3) is 44.4 Å². The topological polar surface area (TPSA) is 44.9 Å². The quantitative estimate of drug-likeness (QED) is 0.126. The van der Waals surface area contributed by atoms with Gasteiger partial charge in [-0.2, -0.15) is 17.2 Å². The average Bonchev–Trinajstić information content (AvgIpc) is 3.51. The van der Waals surface area contributed by atoms with Crippen LogP contribution < -0.4 is 4.74 Å². The van der Waals surface area contributed by atoms with Crippen LogP contribution in [0.2, 0.25) is 0 Å². The monoisotopic (exact) mass is 666 g/mol. The molecule has 6 heteroatoms. The van der Waals surface area contributed by atoms with Crippen molar-refractivity contribution in [3.63, 3.8) is 0 Å². The van der Waals surface area contributed by atoms with Crippen molar-refractivity contribution >= 4 is 21.8 Å². The molecule has 0 aliphatic heterocycles. The van der Waals surface area contributed by atoms with Crippen LogP contribution in [0.3, 0.4) is 0 Å². The van der Waals surface area contributed by atoms with Crippen molar-refractivity contribution in [2.24, 2.45) is 5.92 Å². The first kappa shape index (κ1) is 29.6. The summed E-state index contributed by atoms with van der Waals surface area (Å²) < 4.78 is 10.6. The van der Waals surface area contributed by atoms with Gasteiger partial charge >= 0.3 is 20.4 Å². The molecule has 0 saturated carbocycles. The summed E-state index contributed by atoms with van der Waals surface area (Å²) in [5.41, 5.74) is 8.53. The summed E-state index contributed by atoms with van der Waals surface area (Å²) in [6.07, 6.45) is 2.74. The molecule has 3 aromatic heterocycles. The standard InChI is InChI=1S/C38H32N4O.Pd/c1-25(2)21-36-38(28-11-6-5-7-12-28)27(4)40-42(36)29-13-10-14-30(23-29)43-31-17-18-33-32-15-8-9-16-34(32)41(35(33)24-31)37-22-26(3)19-20-39-37;/h5-20,22,25H,21H2,1-4H3;/q-2;+2. The van der Waals surface area contributed by atoms with Gasteiger partial charge in [-0.25, -0.2) is 4.98 Å². The van der Waals surface area contributed by atoms with Gasteiger partial charge in [0, 0.05) is 28.8 Å². The molecule has 5 nitrogen and oxygen atoms in total. The van der Waals surface area contributed by atoms with Crippen molar-refractivity contribution in [2.75, 3.05) is 0 Å². The van der Waals surface area contributed by atoms with E-state index in [4.69, 9.17) is 9.84 Å². The number of rotatable bonds is 7. The third-order valence-electron chi connectivity index (χ3n) is 7.71. The molecule has 7 aromatic rings. The van der Waals surface area contributed by atoms with E-state index in [1.165, 1.54) is 16.8 Å². The number of hydrogen-bond acceptors (Lipinski definition) is 3. The zero-order valence-electron chi connectivity index (χ0n) is 25.1. The molecule has 0 radical (unpaired) electrons. The normalized spacial score (nSPS) is 11.3. The zero-order chi connectivity index (χ0) is 29.5. The number of aryl methyl sites for hydroxylation is 2. The average molecular weight is 667 g/mol. The van der Waals surface area contributed by atoms with E-state index in [1.54, 1.807) is 0 Å². The smallest absolute Gasteiger partial charge is 0.509 e. The van der Waals surface area contributed by atoms with Gasteiger partial charge in [-0.15, -0.1) is 35.7 Å². The van der Waals surface area contributed by atoms with Crippen molar-refractivity contribution in [3.05, 3.63) is 132 Å². The number of ether oxygens (including phenoxy) is 1. The van der Waals surface area contributed by atoms with Gasteiger partial charge in [0.2, 0.25) is 0 Å². The van der Waals surface area contributed by atoms with Crippen LogP contribution in [-0.2, 0) is 26.8 Å². The summed E-state index contributed by atoms with van der Waals surface area (Å²) in [5, 5.41) is 7.24. The van der Waals surface area contributed by atoms with Crippen LogP contribution in [0.15, 0.2) is 103 Å². The molecule has 0 unspecified atom stereocenters. The van der Waals surface area contributed by atoms with E-state index < -0.39 is 0 Å². The zero-order valence-corrected chi connectivity index (χ0v) is 26.7. The fourth-order valence-electron chi connectivity index (χ4n) is 5.88. The number of aromatic nitrogens is 4. The van der Waals surface area contributed by atoms with Gasteiger partial charge in [-0.1, -0.05) is 67.9 Å². The summed E-state index contributed by atoms with van der Waals surface area (Å²) in [6.45, 7) is 8.64. The first-order valence-corrected chi connectivity index (χ1v) is 14.7. The second-order valence-electron chi connectivity index (χ2n) is 11.4. The van der Waals surface area contributed by atoms with E-state index in [-0.39, 0.29) is 20.4 Å². The Morgan fingerprint density at radius 3 is 2.36 bits per heavy atom. The number of benzene rings is 4. The van der Waals surface area contributed by atoms with Crippen LogP contribution in [0.5, 0.6) is 11.5 Å². The van der Waals surface area contributed by atoms with Crippen LogP contribution in [0.4, 0.5) is 0 Å². The molecule has 0 saturated heterocycles. The van der Waals surface area contributed by atoms with E-state index in [0.29, 0.717) is 17.4 Å². The van der Waals surface area contributed by atoms with Gasteiger partial charge in [-0.05, 0) is 66.6 Å². The second-order valence-corrected chi connectivity index (χ2v) is 11.4. The molecule has 0 fully saturated rings. The number of hydrogen-bond donors (Lipinski definition) is 0. The Labute approximate surface area is 271 Å². The molecule has 220 valence electrons. The maximum atomic E-state index is 6.42. The minimum atomic E-state index is 0. The SMILES string of the molecule is Cc1ccnc(-n2c3[c-]c(Oc4[c-]c(-n5nc(C)c(-c6ccccc6)c5CC(C)C)ccc4)ccc3c3ccccc32)c1.[Pd+2]. The summed E-state index contributed by atoms with van der Waals surface area (Å²) in [7, 11) is 0. The number of nitrogens with zero attached hydrogens (tertiary/aromatic N) is 4. The first-order valence-electron chi connectivity index (χ1n) is 14.7. The molecule has 0 spiro atoms. The third kappa shape index (κ3) is 5.48. The van der Waals surface area contributed by atoms with Gasteiger partial charge < -0.3 is 9.30 Å². The van der Waals surface area contributed by atoms with E-state index in [9.17, 15) is 0 Å². The van der Waals surface area contributed by atoms with Crippen molar-refractivity contribution in [1.82, 2.24) is 19.3 Å². The van der Waals surface area contributed by atoms with Crippen molar-refractivity contribution < 1.29 is 25.2 Å². The fourth-order valence-corrected chi connectivity index (χ4v) is 5.88. The van der Waals surface area contributed by atoms with Gasteiger partial charge in [0.1, 0.15) is 5.82 Å². The fraction of sp³-hybridized carbons (Fsp3) is 0.158. The summed E-state index contributed by atoms with van der Waals surface area (Å²) in [4.78, 5) is 4.69. The molecule has 0 aliphatic carbocycles. The van der Waals surface area contributed by atoms with Crippen LogP contribution in [-0.4, -0.2) is 19.3 Å². The van der Waals surface area contributed by atoms with E-state index in [1.807, 2.05) is 47.3 Å². The summed E-state index contributed by atoms with van der Waals surface area (Å²) in [6, 6.07) is 40.0. The van der Waals surface area contributed by atoms with Gasteiger partial charge in [0.05, 0.1) is 11.4 Å². The van der Waals surface area contributed by atoms with Gasteiger partial charge in [0.25, 0.3) is 0 Å². The van der Waals surface area contributed by atoms with Crippen molar-refractivity contribution in [3.8, 4) is 34.1 Å². The maximum absolute atomic E-state index is 6.42. The number of para-hydroxylation sites is 1. The largest absolute Gasteiger partial charge is 2.00 e. The van der Waals surface area contributed by atoms with E-state index in [2.05, 4.69) is 110 Å². The van der Waals surface area contributed by atoms with E-state index >= 15 is 0 Å². The molecule has 44 heavy (non-hydrogen) atoms.